The fourth-order valence-electron chi connectivity index (χ4n) is 2.69. The van der Waals surface area contributed by atoms with Gasteiger partial charge in [0.15, 0.2) is 0 Å². The van der Waals surface area contributed by atoms with Crippen LogP contribution >= 0.6 is 0 Å². The minimum absolute atomic E-state index is 0.0859. The van der Waals surface area contributed by atoms with Crippen LogP contribution in [0.15, 0.2) is 47.0 Å². The summed E-state index contributed by atoms with van der Waals surface area (Å²) < 4.78 is 82.9. The highest BCUT2D eigenvalue weighted by Crippen LogP contribution is 2.38. The van der Waals surface area contributed by atoms with Crippen LogP contribution in [0.2, 0.25) is 0 Å². The first-order valence-corrected chi connectivity index (χ1v) is 8.44. The number of benzene rings is 2. The van der Waals surface area contributed by atoms with Gasteiger partial charge in [0.1, 0.15) is 0 Å². The zero-order chi connectivity index (χ0) is 22.1. The average molecular weight is 429 g/mol. The Morgan fingerprint density at radius 2 is 1.43 bits per heavy atom. The van der Waals surface area contributed by atoms with E-state index >= 15 is 0 Å². The molecule has 3 aromatic rings. The van der Waals surface area contributed by atoms with E-state index in [1.807, 2.05) is 0 Å². The lowest BCUT2D eigenvalue weighted by Gasteiger charge is -2.14. The van der Waals surface area contributed by atoms with Gasteiger partial charge in [-0.1, -0.05) is 29.4 Å². The first kappa shape index (κ1) is 21.3. The molecule has 0 unspecified atom stereocenters. The number of amides is 1. The van der Waals surface area contributed by atoms with Gasteiger partial charge >= 0.3 is 12.4 Å². The maximum Gasteiger partial charge on any atom is 0.416 e. The largest absolute Gasteiger partial charge is 0.416 e. The van der Waals surface area contributed by atoms with E-state index in [9.17, 15) is 31.1 Å². The van der Waals surface area contributed by atoms with Gasteiger partial charge in [-0.15, -0.1) is 0 Å². The highest BCUT2D eigenvalue weighted by Gasteiger charge is 2.37. The maximum absolute atomic E-state index is 13.0. The molecule has 3 rings (SSSR count). The molecule has 2 aromatic carbocycles. The number of alkyl halides is 6. The Bertz CT molecular complexity index is 1020. The van der Waals surface area contributed by atoms with E-state index in [-0.39, 0.29) is 35.3 Å². The quantitative estimate of drug-likeness (QED) is 0.599. The van der Waals surface area contributed by atoms with E-state index in [1.54, 1.807) is 12.1 Å². The number of primary amides is 1. The second kappa shape index (κ2) is 7.81. The number of aromatic nitrogens is 2. The molecule has 0 aliphatic rings. The van der Waals surface area contributed by atoms with Crippen molar-refractivity contribution in [1.82, 2.24) is 10.1 Å². The molecule has 0 saturated heterocycles. The number of aryl methyl sites for hydroxylation is 2. The normalized spacial score (nSPS) is 12.2. The van der Waals surface area contributed by atoms with Crippen LogP contribution in [0.5, 0.6) is 0 Å². The summed E-state index contributed by atoms with van der Waals surface area (Å²) in [5, 5.41) is 3.39. The van der Waals surface area contributed by atoms with Crippen LogP contribution in [-0.2, 0) is 25.2 Å². The van der Waals surface area contributed by atoms with Crippen LogP contribution in [0.3, 0.4) is 0 Å². The molecule has 2 N–H and O–H groups in total. The summed E-state index contributed by atoms with van der Waals surface area (Å²) in [5.41, 5.74) is 2.98. The van der Waals surface area contributed by atoms with Gasteiger partial charge in [0, 0.05) is 6.42 Å². The van der Waals surface area contributed by atoms with Gasteiger partial charge in [0.05, 0.1) is 11.1 Å². The number of nitrogens with two attached hydrogens (primary N) is 1. The molecule has 1 aromatic heterocycles. The van der Waals surface area contributed by atoms with E-state index in [1.165, 1.54) is 12.1 Å². The Morgan fingerprint density at radius 3 is 1.90 bits per heavy atom. The van der Waals surface area contributed by atoms with Crippen molar-refractivity contribution in [2.24, 2.45) is 5.73 Å². The summed E-state index contributed by atoms with van der Waals surface area (Å²) in [6.07, 6.45) is -9.17. The summed E-state index contributed by atoms with van der Waals surface area (Å²) >= 11 is 0. The van der Waals surface area contributed by atoms with Crippen molar-refractivity contribution >= 4 is 5.91 Å². The highest BCUT2D eigenvalue weighted by molar-refractivity contribution is 5.88. The van der Waals surface area contributed by atoms with E-state index in [0.717, 1.165) is 5.56 Å². The molecule has 5 nitrogen and oxygen atoms in total. The third-order valence-electron chi connectivity index (χ3n) is 4.19. The van der Waals surface area contributed by atoms with E-state index in [2.05, 4.69) is 10.1 Å². The fourth-order valence-corrected chi connectivity index (χ4v) is 2.69. The standard InChI is InChI=1S/C19H13F6N3O2/c20-18(21,22)13-7-12(8-14(9-13)19(23,24)25)11-4-1-10(2-5-11)3-6-15-27-17(16(26)29)28-30-15/h1-2,4-5,7-9H,3,6H2,(H2,26,29). The summed E-state index contributed by atoms with van der Waals surface area (Å²) in [4.78, 5) is 14.7. The number of hydrogen-bond acceptors (Lipinski definition) is 4. The van der Waals surface area contributed by atoms with Crippen molar-refractivity contribution in [3.63, 3.8) is 0 Å². The van der Waals surface area contributed by atoms with Gasteiger partial charge in [0.25, 0.3) is 11.7 Å². The van der Waals surface area contributed by atoms with E-state index in [4.69, 9.17) is 10.3 Å². The van der Waals surface area contributed by atoms with Gasteiger partial charge < -0.3 is 10.3 Å². The second-order valence-electron chi connectivity index (χ2n) is 6.37. The first-order chi connectivity index (χ1) is 13.9. The number of carbonyl (C=O) groups is 1. The summed E-state index contributed by atoms with van der Waals surface area (Å²) in [7, 11) is 0. The molecule has 11 heteroatoms. The van der Waals surface area contributed by atoms with Crippen molar-refractivity contribution in [2.45, 2.75) is 25.2 Å². The number of nitrogens with zero attached hydrogens (tertiary/aromatic N) is 2. The average Bonchev–Trinajstić information content (AvgIpc) is 3.14. The molecular formula is C19H13F6N3O2. The molecule has 1 amide bonds. The number of carbonyl (C=O) groups excluding carboxylic acids is 1. The Kier molecular flexibility index (Phi) is 5.55. The van der Waals surface area contributed by atoms with E-state index in [0.29, 0.717) is 18.6 Å². The summed E-state index contributed by atoms with van der Waals surface area (Å²) in [5.74, 6) is -0.931. The fraction of sp³-hybridized carbons (Fsp3) is 0.211. The number of halogens is 6. The molecule has 0 radical (unpaired) electrons. The van der Waals surface area contributed by atoms with Crippen LogP contribution < -0.4 is 5.73 Å². The SMILES string of the molecule is NC(=O)c1noc(CCc2ccc(-c3cc(C(F)(F)F)cc(C(F)(F)F)c3)cc2)n1. The van der Waals surface area contributed by atoms with Crippen LogP contribution in [0, 0.1) is 0 Å². The summed E-state index contributed by atoms with van der Waals surface area (Å²) in [6, 6.07) is 7.41. The van der Waals surface area contributed by atoms with Crippen LogP contribution in [0.1, 0.15) is 33.2 Å². The predicted octanol–water partition coefficient (Wildman–Crippen LogP) is 4.66. The molecule has 0 spiro atoms. The third kappa shape index (κ3) is 4.97. The zero-order valence-corrected chi connectivity index (χ0v) is 15.0. The topological polar surface area (TPSA) is 82.0 Å². The smallest absolute Gasteiger partial charge is 0.363 e. The third-order valence-corrected chi connectivity index (χ3v) is 4.19. The Balaban J connectivity index is 1.82. The minimum Gasteiger partial charge on any atom is -0.363 e. The van der Waals surface area contributed by atoms with Crippen molar-refractivity contribution < 1.29 is 35.7 Å². The lowest BCUT2D eigenvalue weighted by Crippen LogP contribution is -2.12. The molecule has 0 saturated carbocycles. The zero-order valence-electron chi connectivity index (χ0n) is 15.0. The minimum atomic E-state index is -4.91. The molecule has 0 atom stereocenters. The number of rotatable bonds is 5. The Hall–Kier alpha value is -3.37. The van der Waals surface area contributed by atoms with Crippen LogP contribution in [0.25, 0.3) is 11.1 Å². The van der Waals surface area contributed by atoms with Crippen molar-refractivity contribution in [2.75, 3.05) is 0 Å². The van der Waals surface area contributed by atoms with Crippen molar-refractivity contribution in [3.05, 3.63) is 70.9 Å². The van der Waals surface area contributed by atoms with Crippen LogP contribution in [0.4, 0.5) is 26.3 Å². The molecule has 0 aliphatic heterocycles. The van der Waals surface area contributed by atoms with Gasteiger partial charge in [-0.3, -0.25) is 4.79 Å². The Labute approximate surface area is 165 Å². The van der Waals surface area contributed by atoms with Gasteiger partial charge in [-0.25, -0.2) is 0 Å². The molecule has 0 fully saturated rings. The first-order valence-electron chi connectivity index (χ1n) is 8.44. The van der Waals surface area contributed by atoms with Gasteiger partial charge in [-0.05, 0) is 41.3 Å². The molecule has 0 bridgehead atoms. The lowest BCUT2D eigenvalue weighted by molar-refractivity contribution is -0.143. The lowest BCUT2D eigenvalue weighted by atomic mass is 9.97. The van der Waals surface area contributed by atoms with E-state index < -0.39 is 29.4 Å². The Morgan fingerprint density at radius 1 is 0.867 bits per heavy atom. The predicted molar refractivity (Wildman–Crippen MR) is 92.1 cm³/mol. The molecule has 0 aliphatic carbocycles. The highest BCUT2D eigenvalue weighted by atomic mass is 19.4. The second-order valence-corrected chi connectivity index (χ2v) is 6.37. The molecule has 158 valence electrons. The van der Waals surface area contributed by atoms with Crippen molar-refractivity contribution in [3.8, 4) is 11.1 Å². The maximum atomic E-state index is 13.0. The van der Waals surface area contributed by atoms with Gasteiger partial charge in [-0.2, -0.15) is 31.3 Å². The monoisotopic (exact) mass is 429 g/mol. The van der Waals surface area contributed by atoms with Crippen molar-refractivity contribution in [1.29, 1.82) is 0 Å². The van der Waals surface area contributed by atoms with Gasteiger partial charge in [0.2, 0.25) is 5.89 Å². The summed E-state index contributed by atoms with van der Waals surface area (Å²) in [6.45, 7) is 0. The molecular weight excluding hydrogens is 416 g/mol. The molecule has 1 heterocycles. The number of hydrogen-bond donors (Lipinski definition) is 1. The van der Waals surface area contributed by atoms with Crippen LogP contribution in [-0.4, -0.2) is 16.0 Å². The molecule has 30 heavy (non-hydrogen) atoms.